The van der Waals surface area contributed by atoms with E-state index in [2.05, 4.69) is 0 Å². The average molecular weight is 420 g/mol. The van der Waals surface area contributed by atoms with Crippen LogP contribution < -0.4 is 0 Å². The lowest BCUT2D eigenvalue weighted by molar-refractivity contribution is -0.134. The summed E-state index contributed by atoms with van der Waals surface area (Å²) in [6.07, 6.45) is -1.12. The largest absolute Gasteiger partial charge is 0.369 e. The SMILES string of the molecule is O=C1CC(SSC2CC(=O)N(S(=O)(=O)O)C2=O)C(=O)N1S(=O)(=O)O. The van der Waals surface area contributed by atoms with Gasteiger partial charge in [-0.2, -0.15) is 16.8 Å². The predicted molar refractivity (Wildman–Crippen MR) is 78.8 cm³/mol. The number of hydrogen-bond acceptors (Lipinski definition) is 10. The zero-order valence-electron chi connectivity index (χ0n) is 11.3. The minimum absolute atomic E-state index is 0.308. The highest BCUT2D eigenvalue weighted by Crippen LogP contribution is 2.41. The number of nitrogens with zero attached hydrogens (tertiary/aromatic N) is 2. The van der Waals surface area contributed by atoms with E-state index in [-0.39, 0.29) is 8.61 Å². The molecule has 16 heteroatoms. The van der Waals surface area contributed by atoms with E-state index in [1.807, 2.05) is 0 Å². The summed E-state index contributed by atoms with van der Waals surface area (Å²) >= 11 is 0. The Bertz CT molecular complexity index is 763. The van der Waals surface area contributed by atoms with Crippen LogP contribution in [0.15, 0.2) is 0 Å². The summed E-state index contributed by atoms with van der Waals surface area (Å²) in [5.41, 5.74) is 0. The Morgan fingerprint density at radius 2 is 1.04 bits per heavy atom. The van der Waals surface area contributed by atoms with Gasteiger partial charge in [-0.25, -0.2) is 0 Å². The van der Waals surface area contributed by atoms with Crippen LogP contribution in [0.1, 0.15) is 12.8 Å². The smallest absolute Gasteiger partial charge is 0.273 e. The zero-order valence-corrected chi connectivity index (χ0v) is 14.5. The molecule has 0 radical (unpaired) electrons. The molecule has 2 aliphatic heterocycles. The second-order valence-electron chi connectivity index (χ2n) is 4.53. The molecule has 0 aliphatic carbocycles. The number of imide groups is 2. The van der Waals surface area contributed by atoms with Crippen molar-refractivity contribution in [2.45, 2.75) is 23.3 Å². The van der Waals surface area contributed by atoms with Crippen molar-refractivity contribution in [3.8, 4) is 0 Å². The Hall–Kier alpha value is -1.20. The monoisotopic (exact) mass is 420 g/mol. The molecule has 2 N–H and O–H groups in total. The number of rotatable bonds is 5. The molecule has 2 rings (SSSR count). The molecule has 2 heterocycles. The average Bonchev–Trinajstić information content (AvgIpc) is 2.82. The van der Waals surface area contributed by atoms with Crippen LogP contribution in [0.4, 0.5) is 0 Å². The van der Waals surface area contributed by atoms with Gasteiger partial charge in [0.1, 0.15) is 10.5 Å². The Morgan fingerprint density at radius 1 is 0.750 bits per heavy atom. The maximum absolute atomic E-state index is 11.8. The molecule has 0 saturated carbocycles. The molecule has 2 saturated heterocycles. The minimum Gasteiger partial charge on any atom is -0.273 e. The van der Waals surface area contributed by atoms with Crippen molar-refractivity contribution in [2.75, 3.05) is 0 Å². The van der Waals surface area contributed by atoms with Crippen LogP contribution in [-0.2, 0) is 39.8 Å². The second-order valence-corrected chi connectivity index (χ2v) is 9.73. The molecule has 2 atom stereocenters. The molecule has 12 nitrogen and oxygen atoms in total. The minimum atomic E-state index is -5.05. The van der Waals surface area contributed by atoms with Gasteiger partial charge in [0.15, 0.2) is 0 Å². The molecule has 134 valence electrons. The number of carbonyl (C=O) groups excluding carboxylic acids is 4. The van der Waals surface area contributed by atoms with E-state index in [0.29, 0.717) is 21.6 Å². The van der Waals surface area contributed by atoms with Crippen LogP contribution in [0.3, 0.4) is 0 Å². The first-order valence-electron chi connectivity index (χ1n) is 5.85. The van der Waals surface area contributed by atoms with E-state index in [1.54, 1.807) is 0 Å². The fourth-order valence-corrected chi connectivity index (χ4v) is 6.21. The lowest BCUT2D eigenvalue weighted by Crippen LogP contribution is -2.37. The fourth-order valence-electron chi connectivity index (χ4n) is 1.93. The van der Waals surface area contributed by atoms with Crippen molar-refractivity contribution in [2.24, 2.45) is 0 Å². The van der Waals surface area contributed by atoms with Crippen LogP contribution in [-0.4, -0.2) is 68.7 Å². The molecule has 0 bridgehead atoms. The van der Waals surface area contributed by atoms with Crippen LogP contribution in [0.2, 0.25) is 0 Å². The first-order chi connectivity index (χ1) is 10.8. The van der Waals surface area contributed by atoms with E-state index in [0.717, 1.165) is 0 Å². The van der Waals surface area contributed by atoms with Gasteiger partial charge in [-0.3, -0.25) is 28.3 Å². The Kier molecular flexibility index (Phi) is 4.99. The molecular formula is C8H8N2O10S4. The van der Waals surface area contributed by atoms with Gasteiger partial charge in [-0.15, -0.1) is 8.61 Å². The van der Waals surface area contributed by atoms with Crippen molar-refractivity contribution < 1.29 is 45.1 Å². The van der Waals surface area contributed by atoms with Gasteiger partial charge >= 0.3 is 20.6 Å². The van der Waals surface area contributed by atoms with E-state index >= 15 is 0 Å². The van der Waals surface area contributed by atoms with Crippen LogP contribution in [0.5, 0.6) is 0 Å². The summed E-state index contributed by atoms with van der Waals surface area (Å²) in [6.45, 7) is 0. The summed E-state index contributed by atoms with van der Waals surface area (Å²) < 4.78 is 60.7. The van der Waals surface area contributed by atoms with Gasteiger partial charge < -0.3 is 0 Å². The molecule has 0 aromatic heterocycles. The lowest BCUT2D eigenvalue weighted by Gasteiger charge is -2.12. The molecule has 24 heavy (non-hydrogen) atoms. The first kappa shape index (κ1) is 19.1. The molecular weight excluding hydrogens is 412 g/mol. The molecule has 4 amide bonds. The zero-order chi connectivity index (χ0) is 18.4. The molecule has 2 unspecified atom stereocenters. The van der Waals surface area contributed by atoms with Crippen molar-refractivity contribution in [1.29, 1.82) is 0 Å². The predicted octanol–water partition coefficient (Wildman–Crippen LogP) is -1.77. The van der Waals surface area contributed by atoms with Gasteiger partial charge in [0.05, 0.1) is 12.8 Å². The summed E-state index contributed by atoms with van der Waals surface area (Å²) in [5, 5.41) is -2.49. The van der Waals surface area contributed by atoms with Crippen molar-refractivity contribution >= 4 is 65.8 Å². The van der Waals surface area contributed by atoms with Crippen molar-refractivity contribution in [1.82, 2.24) is 8.61 Å². The highest BCUT2D eigenvalue weighted by molar-refractivity contribution is 8.77. The standard InChI is InChI=1S/C8H8N2O10S4/c11-5-1-3(7(13)9(5)23(15,16)17)21-22-4-2-6(12)10(8(4)14)24(18,19)20/h3-4H,1-2H2,(H,15,16,17)(H,18,19,20). The summed E-state index contributed by atoms with van der Waals surface area (Å²) in [5.74, 6) is -4.75. The van der Waals surface area contributed by atoms with Gasteiger partial charge in [-0.05, 0) is 0 Å². The van der Waals surface area contributed by atoms with Gasteiger partial charge in [0, 0.05) is 0 Å². The van der Waals surface area contributed by atoms with E-state index in [1.165, 1.54) is 0 Å². The molecule has 2 aliphatic rings. The molecule has 0 aromatic carbocycles. The number of amides is 4. The normalized spacial score (nSPS) is 25.9. The third-order valence-corrected chi connectivity index (χ3v) is 7.60. The van der Waals surface area contributed by atoms with Gasteiger partial charge in [0.2, 0.25) is 11.8 Å². The topological polar surface area (TPSA) is 184 Å². The number of hydrogen-bond donors (Lipinski definition) is 2. The quantitative estimate of drug-likeness (QED) is 0.290. The Morgan fingerprint density at radius 3 is 1.25 bits per heavy atom. The van der Waals surface area contributed by atoms with E-state index in [9.17, 15) is 36.0 Å². The van der Waals surface area contributed by atoms with E-state index in [4.69, 9.17) is 9.11 Å². The maximum atomic E-state index is 11.8. The van der Waals surface area contributed by atoms with E-state index < -0.39 is 67.6 Å². The highest BCUT2D eigenvalue weighted by atomic mass is 33.1. The molecule has 2 fully saturated rings. The van der Waals surface area contributed by atoms with Crippen molar-refractivity contribution in [3.63, 3.8) is 0 Å². The summed E-state index contributed by atoms with van der Waals surface area (Å²) in [6, 6.07) is 0. The Labute approximate surface area is 143 Å². The number of carbonyl (C=O) groups is 4. The van der Waals surface area contributed by atoms with Crippen LogP contribution >= 0.6 is 21.6 Å². The fraction of sp³-hybridized carbons (Fsp3) is 0.500. The highest BCUT2D eigenvalue weighted by Gasteiger charge is 2.49. The van der Waals surface area contributed by atoms with Crippen LogP contribution in [0.25, 0.3) is 0 Å². The van der Waals surface area contributed by atoms with Crippen LogP contribution in [0, 0.1) is 0 Å². The Balaban J connectivity index is 2.06. The molecule has 0 aromatic rings. The van der Waals surface area contributed by atoms with Crippen molar-refractivity contribution in [3.05, 3.63) is 0 Å². The summed E-state index contributed by atoms with van der Waals surface area (Å²) in [7, 11) is -8.93. The third-order valence-electron chi connectivity index (χ3n) is 2.87. The first-order valence-corrected chi connectivity index (χ1v) is 10.9. The van der Waals surface area contributed by atoms with Gasteiger partial charge in [-0.1, -0.05) is 21.6 Å². The third kappa shape index (κ3) is 3.57. The lowest BCUT2D eigenvalue weighted by atomic mass is 10.4. The second kappa shape index (κ2) is 6.26. The van der Waals surface area contributed by atoms with Gasteiger partial charge in [0.25, 0.3) is 11.8 Å². The summed E-state index contributed by atoms with van der Waals surface area (Å²) in [4.78, 5) is 46.4. The molecule has 0 spiro atoms. The maximum Gasteiger partial charge on any atom is 0.369 e.